The summed E-state index contributed by atoms with van der Waals surface area (Å²) in [5, 5.41) is 5.41. The van der Waals surface area contributed by atoms with E-state index in [9.17, 15) is 9.59 Å². The number of amides is 2. The molecule has 2 amide bonds. The molecule has 0 aromatic rings. The lowest BCUT2D eigenvalue weighted by molar-refractivity contribution is -0.129. The summed E-state index contributed by atoms with van der Waals surface area (Å²) in [4.78, 5) is 22.3. The lowest BCUT2D eigenvalue weighted by Crippen LogP contribution is -2.34. The van der Waals surface area contributed by atoms with Crippen LogP contribution in [0.3, 0.4) is 0 Å². The van der Waals surface area contributed by atoms with Gasteiger partial charge in [0.2, 0.25) is 11.8 Å². The minimum atomic E-state index is -0.150. The van der Waals surface area contributed by atoms with Gasteiger partial charge in [-0.2, -0.15) is 0 Å². The molecule has 6 heteroatoms. The number of ether oxygens (including phenoxy) is 2. The fraction of sp³-hybridized carbons (Fsp3) is 0.833. The highest BCUT2D eigenvalue weighted by Crippen LogP contribution is 1.83. The number of rotatable bonds is 9. The van der Waals surface area contributed by atoms with E-state index in [2.05, 4.69) is 10.6 Å². The van der Waals surface area contributed by atoms with Gasteiger partial charge in [-0.05, 0) is 27.7 Å². The molecule has 0 atom stereocenters. The average molecular weight is 260 g/mol. The summed E-state index contributed by atoms with van der Waals surface area (Å²) in [6.07, 6.45) is 0. The number of carbonyl (C=O) groups excluding carboxylic acids is 2. The Morgan fingerprint density at radius 1 is 0.833 bits per heavy atom. The zero-order valence-corrected chi connectivity index (χ0v) is 11.6. The van der Waals surface area contributed by atoms with Gasteiger partial charge in [0.05, 0.1) is 13.2 Å². The summed E-state index contributed by atoms with van der Waals surface area (Å²) in [6.45, 7) is 8.14. The van der Waals surface area contributed by atoms with Crippen molar-refractivity contribution in [1.29, 1.82) is 0 Å². The third kappa shape index (κ3) is 11.3. The standard InChI is InChI=1S/C12H24N2O4/c1-9(2)13-11(15)7-17-5-6-18-8-12(16)14-10(3)4/h9-10H,5-8H2,1-4H3,(H,13,15)(H,14,16). The van der Waals surface area contributed by atoms with Crippen LogP contribution in [0.15, 0.2) is 0 Å². The van der Waals surface area contributed by atoms with E-state index in [1.54, 1.807) is 0 Å². The van der Waals surface area contributed by atoms with Crippen molar-refractivity contribution in [2.75, 3.05) is 26.4 Å². The van der Waals surface area contributed by atoms with E-state index >= 15 is 0 Å². The average Bonchev–Trinajstić information content (AvgIpc) is 2.20. The molecule has 0 heterocycles. The van der Waals surface area contributed by atoms with E-state index < -0.39 is 0 Å². The van der Waals surface area contributed by atoms with Gasteiger partial charge in [-0.25, -0.2) is 0 Å². The van der Waals surface area contributed by atoms with Crippen molar-refractivity contribution >= 4 is 11.8 Å². The molecule has 0 fully saturated rings. The molecule has 0 aromatic carbocycles. The molecule has 0 aromatic heterocycles. The predicted molar refractivity (Wildman–Crippen MR) is 68.2 cm³/mol. The second kappa shape index (κ2) is 9.85. The van der Waals surface area contributed by atoms with Crippen molar-refractivity contribution in [3.63, 3.8) is 0 Å². The first-order valence-corrected chi connectivity index (χ1v) is 6.16. The molecule has 6 nitrogen and oxygen atoms in total. The van der Waals surface area contributed by atoms with Gasteiger partial charge in [0.15, 0.2) is 0 Å². The highest BCUT2D eigenvalue weighted by Gasteiger charge is 2.04. The van der Waals surface area contributed by atoms with Crippen LogP contribution < -0.4 is 10.6 Å². The summed E-state index contributed by atoms with van der Waals surface area (Å²) in [7, 11) is 0. The summed E-state index contributed by atoms with van der Waals surface area (Å²) in [5.41, 5.74) is 0. The summed E-state index contributed by atoms with van der Waals surface area (Å²) in [6, 6.07) is 0.217. The Balaban J connectivity index is 3.36. The van der Waals surface area contributed by atoms with Crippen LogP contribution >= 0.6 is 0 Å². The number of nitrogens with one attached hydrogen (secondary N) is 2. The lowest BCUT2D eigenvalue weighted by atomic mass is 10.4. The van der Waals surface area contributed by atoms with E-state index in [4.69, 9.17) is 9.47 Å². The van der Waals surface area contributed by atoms with Crippen molar-refractivity contribution in [2.45, 2.75) is 39.8 Å². The first kappa shape index (κ1) is 16.9. The molecule has 2 N–H and O–H groups in total. The maximum Gasteiger partial charge on any atom is 0.246 e. The molecule has 0 rings (SSSR count). The van der Waals surface area contributed by atoms with Gasteiger partial charge in [-0.1, -0.05) is 0 Å². The van der Waals surface area contributed by atoms with Gasteiger partial charge in [0.1, 0.15) is 13.2 Å². The molecule has 0 unspecified atom stereocenters. The number of carbonyl (C=O) groups is 2. The normalized spacial score (nSPS) is 10.8. The Morgan fingerprint density at radius 2 is 1.17 bits per heavy atom. The van der Waals surface area contributed by atoms with Crippen LogP contribution in [0.5, 0.6) is 0 Å². The van der Waals surface area contributed by atoms with Crippen molar-refractivity contribution in [3.05, 3.63) is 0 Å². The molecule has 0 saturated carbocycles. The van der Waals surface area contributed by atoms with Crippen LogP contribution in [0.25, 0.3) is 0 Å². The van der Waals surface area contributed by atoms with Gasteiger partial charge in [-0.15, -0.1) is 0 Å². The van der Waals surface area contributed by atoms with Crippen LogP contribution in [0.4, 0.5) is 0 Å². The number of hydrogen-bond acceptors (Lipinski definition) is 4. The monoisotopic (exact) mass is 260 g/mol. The first-order chi connectivity index (χ1) is 8.41. The van der Waals surface area contributed by atoms with Crippen LogP contribution in [-0.2, 0) is 19.1 Å². The van der Waals surface area contributed by atoms with E-state index in [-0.39, 0.29) is 37.1 Å². The quantitative estimate of drug-likeness (QED) is 0.575. The van der Waals surface area contributed by atoms with Crippen LogP contribution in [0, 0.1) is 0 Å². The first-order valence-electron chi connectivity index (χ1n) is 6.16. The van der Waals surface area contributed by atoms with Crippen molar-refractivity contribution < 1.29 is 19.1 Å². The maximum atomic E-state index is 11.2. The Morgan fingerprint density at radius 3 is 1.44 bits per heavy atom. The Kier molecular flexibility index (Phi) is 9.22. The molecule has 0 aliphatic rings. The fourth-order valence-electron chi connectivity index (χ4n) is 1.17. The zero-order valence-electron chi connectivity index (χ0n) is 11.6. The second-order valence-corrected chi connectivity index (χ2v) is 4.55. The van der Waals surface area contributed by atoms with Crippen molar-refractivity contribution in [3.8, 4) is 0 Å². The van der Waals surface area contributed by atoms with Gasteiger partial charge >= 0.3 is 0 Å². The van der Waals surface area contributed by atoms with E-state index in [0.29, 0.717) is 13.2 Å². The van der Waals surface area contributed by atoms with E-state index in [1.807, 2.05) is 27.7 Å². The lowest BCUT2D eigenvalue weighted by Gasteiger charge is -2.10. The predicted octanol–water partition coefficient (Wildman–Crippen LogP) is 0.0688. The van der Waals surface area contributed by atoms with Crippen LogP contribution in [0.1, 0.15) is 27.7 Å². The van der Waals surface area contributed by atoms with Gasteiger partial charge in [0.25, 0.3) is 0 Å². The Labute approximate surface area is 108 Å². The van der Waals surface area contributed by atoms with Crippen molar-refractivity contribution in [2.24, 2.45) is 0 Å². The molecule has 0 aliphatic carbocycles. The summed E-state index contributed by atoms with van der Waals surface area (Å²) >= 11 is 0. The maximum absolute atomic E-state index is 11.2. The molecular formula is C12H24N2O4. The molecule has 0 aliphatic heterocycles. The molecule has 0 radical (unpaired) electrons. The zero-order chi connectivity index (χ0) is 14.0. The topological polar surface area (TPSA) is 76.7 Å². The molecule has 106 valence electrons. The molecular weight excluding hydrogens is 236 g/mol. The number of hydrogen-bond donors (Lipinski definition) is 2. The highest BCUT2D eigenvalue weighted by molar-refractivity contribution is 5.77. The van der Waals surface area contributed by atoms with E-state index in [1.165, 1.54) is 0 Å². The largest absolute Gasteiger partial charge is 0.369 e. The smallest absolute Gasteiger partial charge is 0.246 e. The minimum Gasteiger partial charge on any atom is -0.369 e. The van der Waals surface area contributed by atoms with Crippen molar-refractivity contribution in [1.82, 2.24) is 10.6 Å². The second-order valence-electron chi connectivity index (χ2n) is 4.55. The molecule has 0 bridgehead atoms. The molecule has 0 spiro atoms. The minimum absolute atomic E-state index is 0.0136. The summed E-state index contributed by atoms with van der Waals surface area (Å²) < 4.78 is 10.2. The van der Waals surface area contributed by atoms with Gasteiger partial charge in [-0.3, -0.25) is 9.59 Å². The van der Waals surface area contributed by atoms with Gasteiger partial charge < -0.3 is 20.1 Å². The van der Waals surface area contributed by atoms with E-state index in [0.717, 1.165) is 0 Å². The summed E-state index contributed by atoms with van der Waals surface area (Å²) in [5.74, 6) is -0.301. The Hall–Kier alpha value is -1.14. The Bertz CT molecular complexity index is 228. The highest BCUT2D eigenvalue weighted by atomic mass is 16.5. The molecule has 0 saturated heterocycles. The van der Waals surface area contributed by atoms with Crippen LogP contribution in [0.2, 0.25) is 0 Å². The molecule has 18 heavy (non-hydrogen) atoms. The fourth-order valence-corrected chi connectivity index (χ4v) is 1.17. The third-order valence-corrected chi connectivity index (χ3v) is 1.74. The SMILES string of the molecule is CC(C)NC(=O)COCCOCC(=O)NC(C)C. The van der Waals surface area contributed by atoms with Crippen LogP contribution in [-0.4, -0.2) is 50.3 Å². The van der Waals surface area contributed by atoms with Gasteiger partial charge in [0, 0.05) is 12.1 Å². The third-order valence-electron chi connectivity index (χ3n) is 1.74.